The topological polar surface area (TPSA) is 0 Å². The minimum absolute atomic E-state index is 1.33. The first kappa shape index (κ1) is 16.4. The largest absolute Gasteiger partial charge is 0.214 e. The first-order chi connectivity index (χ1) is 9.24. The van der Waals surface area contributed by atoms with Crippen LogP contribution in [0, 0.1) is 0 Å². The van der Waals surface area contributed by atoms with Crippen LogP contribution in [0.15, 0.2) is 72.8 Å². The zero-order valence-corrected chi connectivity index (χ0v) is 13.8. The molecule has 0 unspecified atom stereocenters. The van der Waals surface area contributed by atoms with E-state index in [-0.39, 0.29) is 0 Å². The molecule has 0 atom stereocenters. The summed E-state index contributed by atoms with van der Waals surface area (Å²) >= 11 is -1.54. The Hall–Kier alpha value is -0.656. The van der Waals surface area contributed by atoms with E-state index in [4.69, 9.17) is 18.6 Å². The molecule has 3 aromatic rings. The molecule has 0 fully saturated rings. The van der Waals surface area contributed by atoms with Gasteiger partial charge in [-0.05, 0) is 0 Å². The van der Waals surface area contributed by atoms with Crippen molar-refractivity contribution in [3.05, 3.63) is 72.8 Å². The van der Waals surface area contributed by atoms with Crippen LogP contribution in [0.3, 0.4) is 0 Å². The molecule has 0 spiro atoms. The average Bonchev–Trinajstić information content (AvgIpc) is 3.13. The summed E-state index contributed by atoms with van der Waals surface area (Å²) in [6.07, 6.45) is 0. The van der Waals surface area contributed by atoms with Crippen molar-refractivity contribution in [1.82, 2.24) is 0 Å². The van der Waals surface area contributed by atoms with Crippen molar-refractivity contribution in [1.29, 1.82) is 0 Å². The van der Waals surface area contributed by atoms with Gasteiger partial charge in [-0.1, -0.05) is 6.07 Å². The Bertz CT molecular complexity index is 528. The summed E-state index contributed by atoms with van der Waals surface area (Å²) in [4.78, 5) is 0. The zero-order chi connectivity index (χ0) is 13.9. The van der Waals surface area contributed by atoms with Crippen LogP contribution < -0.4 is 0 Å². The van der Waals surface area contributed by atoms with Crippen molar-refractivity contribution in [3.63, 3.8) is 0 Å². The molecule has 0 radical (unpaired) electrons. The molecule has 0 saturated heterocycles. The summed E-state index contributed by atoms with van der Waals surface area (Å²) in [5.74, 6) is 0. The number of rotatable bonds is 0. The average molecular weight is 327 g/mol. The Balaban J connectivity index is 0.000000156. The Labute approximate surface area is 128 Å². The van der Waals surface area contributed by atoms with Crippen molar-refractivity contribution in [2.75, 3.05) is 0 Å². The molecule has 3 aromatic carbocycles. The Kier molecular flexibility index (Phi) is 8.78. The van der Waals surface area contributed by atoms with E-state index in [2.05, 4.69) is 42.5 Å². The van der Waals surface area contributed by atoms with Gasteiger partial charge in [-0.3, -0.25) is 0 Å². The quantitative estimate of drug-likeness (QED) is 0.367. The third-order valence-corrected chi connectivity index (χ3v) is 4.80. The molecule has 0 aliphatic rings. The maximum Gasteiger partial charge on any atom is -0.0809 e. The molecule has 19 heavy (non-hydrogen) atoms. The Morgan fingerprint density at radius 2 is 1.58 bits per heavy atom. The molecule has 0 saturated carbocycles. The van der Waals surface area contributed by atoms with Gasteiger partial charge >= 0.3 is 45.1 Å². The van der Waals surface area contributed by atoms with E-state index in [1.165, 1.54) is 10.8 Å². The second-order valence-electron chi connectivity index (χ2n) is 3.70. The molecule has 0 nitrogen and oxygen atoms in total. The van der Waals surface area contributed by atoms with E-state index in [1.807, 2.05) is 41.6 Å². The third kappa shape index (κ3) is 7.49. The van der Waals surface area contributed by atoms with E-state index in [0.29, 0.717) is 0 Å². The standard InChI is InChI=1S/C9H7.C5H5.C2H4.2ClH.Ti/c1-2-5-9-7-3-6-8(9)4-1;1-2-4-5-3-1;1-2;;;/h1-7H;1-5H;1H,2H3;2*1H;/q2*-1;;;;+2/p-2. The fourth-order valence-electron chi connectivity index (χ4n) is 1.39. The Morgan fingerprint density at radius 1 is 0.947 bits per heavy atom. The van der Waals surface area contributed by atoms with Crippen molar-refractivity contribution >= 4 is 33.7 Å². The van der Waals surface area contributed by atoms with Crippen LogP contribution in [-0.4, -0.2) is 4.31 Å². The number of halogens is 2. The molecule has 0 heterocycles. The predicted octanol–water partition coefficient (Wildman–Crippen LogP) is 5.70. The molecule has 0 N–H and O–H groups in total. The normalized spacial score (nSPS) is 8.79. The van der Waals surface area contributed by atoms with Crippen LogP contribution in [0.2, 0.25) is 0 Å². The van der Waals surface area contributed by atoms with Crippen molar-refractivity contribution < 1.29 is 15.3 Å². The Morgan fingerprint density at radius 3 is 2.05 bits per heavy atom. The monoisotopic (exact) mass is 326 g/mol. The van der Waals surface area contributed by atoms with Crippen LogP contribution in [-0.2, 0) is 15.3 Å². The minimum Gasteiger partial charge on any atom is -0.214 e. The van der Waals surface area contributed by atoms with Crippen LogP contribution >= 0.6 is 18.6 Å². The van der Waals surface area contributed by atoms with Gasteiger partial charge in [0, 0.05) is 0 Å². The first-order valence-electron chi connectivity index (χ1n) is 5.98. The zero-order valence-electron chi connectivity index (χ0n) is 10.8. The fourth-order valence-corrected chi connectivity index (χ4v) is 1.39. The van der Waals surface area contributed by atoms with E-state index >= 15 is 0 Å². The summed E-state index contributed by atoms with van der Waals surface area (Å²) < 4.78 is 1.86. The smallest absolute Gasteiger partial charge is 0.0809 e. The van der Waals surface area contributed by atoms with E-state index in [1.54, 1.807) is 0 Å². The number of benzene rings is 1. The van der Waals surface area contributed by atoms with Gasteiger partial charge in [0.1, 0.15) is 0 Å². The SMILES string of the molecule is C[CH]=[Ti]([Cl])[Cl].c1cc[cH-]c1.c1ccc2[cH-]ccc2c1. The molecular weight excluding hydrogens is 311 g/mol. The molecule has 0 bridgehead atoms. The maximum atomic E-state index is 5.34. The first-order valence-corrected chi connectivity index (χ1v) is 11.2. The van der Waals surface area contributed by atoms with Crippen molar-refractivity contribution in [3.8, 4) is 0 Å². The summed E-state index contributed by atoms with van der Waals surface area (Å²) in [6.45, 7) is 1.88. The minimum atomic E-state index is -1.54. The van der Waals surface area contributed by atoms with Crippen LogP contribution in [0.5, 0.6) is 0 Å². The van der Waals surface area contributed by atoms with Crippen molar-refractivity contribution in [2.45, 2.75) is 6.92 Å². The van der Waals surface area contributed by atoms with E-state index < -0.39 is 15.3 Å². The second kappa shape index (κ2) is 10.2. The van der Waals surface area contributed by atoms with Crippen LogP contribution in [0.25, 0.3) is 10.8 Å². The maximum absolute atomic E-state index is 5.34. The predicted molar refractivity (Wildman–Crippen MR) is 85.0 cm³/mol. The second-order valence-corrected chi connectivity index (χ2v) is 9.66. The summed E-state index contributed by atoms with van der Waals surface area (Å²) in [6, 6.07) is 24.7. The molecule has 100 valence electrons. The van der Waals surface area contributed by atoms with Crippen molar-refractivity contribution in [2.24, 2.45) is 0 Å². The van der Waals surface area contributed by atoms with Crippen LogP contribution in [0.1, 0.15) is 6.92 Å². The summed E-state index contributed by atoms with van der Waals surface area (Å²) in [7, 11) is 10.7. The van der Waals surface area contributed by atoms with E-state index in [0.717, 1.165) is 0 Å². The van der Waals surface area contributed by atoms with Gasteiger partial charge in [0.15, 0.2) is 0 Å². The van der Waals surface area contributed by atoms with Gasteiger partial charge in [-0.2, -0.15) is 35.7 Å². The molecule has 0 aromatic heterocycles. The summed E-state index contributed by atoms with van der Waals surface area (Å²) in [5, 5.41) is 2.66. The van der Waals surface area contributed by atoms with Gasteiger partial charge in [0.2, 0.25) is 0 Å². The number of hydrogen-bond donors (Lipinski definition) is 0. The molecular formula is C16H16Cl2Ti-2. The molecule has 0 aliphatic heterocycles. The number of hydrogen-bond acceptors (Lipinski definition) is 0. The van der Waals surface area contributed by atoms with Gasteiger partial charge < -0.3 is 0 Å². The number of fused-ring (bicyclic) bond motifs is 1. The molecule has 0 aliphatic carbocycles. The van der Waals surface area contributed by atoms with Crippen LogP contribution in [0.4, 0.5) is 0 Å². The van der Waals surface area contributed by atoms with Gasteiger partial charge in [0.05, 0.1) is 0 Å². The molecule has 3 rings (SSSR count). The van der Waals surface area contributed by atoms with E-state index in [9.17, 15) is 0 Å². The third-order valence-electron chi connectivity index (χ3n) is 2.32. The van der Waals surface area contributed by atoms with Gasteiger partial charge in [-0.15, -0.1) is 29.7 Å². The fraction of sp³-hybridized carbons (Fsp3) is 0.0625. The molecule has 3 heteroatoms. The van der Waals surface area contributed by atoms with Gasteiger partial charge in [-0.25, -0.2) is 12.1 Å². The van der Waals surface area contributed by atoms with Gasteiger partial charge in [0.25, 0.3) is 0 Å². The molecule has 0 amide bonds. The summed E-state index contributed by atoms with van der Waals surface area (Å²) in [5.41, 5.74) is 0.